The summed E-state index contributed by atoms with van der Waals surface area (Å²) in [4.78, 5) is 11.7. The van der Waals surface area contributed by atoms with Crippen molar-refractivity contribution in [2.45, 2.75) is 5.41 Å². The zero-order valence-electron chi connectivity index (χ0n) is 8.63. The van der Waals surface area contributed by atoms with E-state index in [0.29, 0.717) is 5.56 Å². The molecule has 0 saturated carbocycles. The van der Waals surface area contributed by atoms with Crippen LogP contribution < -0.4 is 0 Å². The number of methoxy groups -OCH3 is 1. The van der Waals surface area contributed by atoms with Crippen LogP contribution in [0.4, 0.5) is 4.39 Å². The molecular weight excluding hydrogens is 279 g/mol. The highest BCUT2D eigenvalue weighted by Crippen LogP contribution is 2.36. The minimum atomic E-state index is -0.984. The van der Waals surface area contributed by atoms with Gasteiger partial charge in [0.15, 0.2) is 0 Å². The second-order valence-corrected chi connectivity index (χ2v) is 4.61. The lowest BCUT2D eigenvalue weighted by Gasteiger charge is -2.39. The van der Waals surface area contributed by atoms with Crippen LogP contribution in [0.25, 0.3) is 0 Å². The van der Waals surface area contributed by atoms with Crippen molar-refractivity contribution in [1.29, 1.82) is 0 Å². The van der Waals surface area contributed by atoms with Crippen molar-refractivity contribution in [1.82, 2.24) is 0 Å². The van der Waals surface area contributed by atoms with E-state index in [1.807, 2.05) is 0 Å². The van der Waals surface area contributed by atoms with E-state index in [4.69, 9.17) is 9.47 Å². The quantitative estimate of drug-likeness (QED) is 0.781. The third-order valence-corrected chi connectivity index (χ3v) is 3.21. The average molecular weight is 289 g/mol. The van der Waals surface area contributed by atoms with E-state index in [9.17, 15) is 9.18 Å². The van der Waals surface area contributed by atoms with E-state index >= 15 is 0 Å². The van der Waals surface area contributed by atoms with Crippen molar-refractivity contribution in [3.05, 3.63) is 34.1 Å². The maximum absolute atomic E-state index is 13.7. The molecule has 1 aromatic rings. The third-order valence-electron chi connectivity index (χ3n) is 2.72. The van der Waals surface area contributed by atoms with Gasteiger partial charge in [-0.15, -0.1) is 0 Å². The first kappa shape index (κ1) is 11.5. The molecule has 86 valence electrons. The zero-order valence-corrected chi connectivity index (χ0v) is 10.2. The van der Waals surface area contributed by atoms with Crippen LogP contribution in [0.5, 0.6) is 0 Å². The number of rotatable bonds is 2. The molecule has 1 aliphatic rings. The van der Waals surface area contributed by atoms with Crippen molar-refractivity contribution in [2.24, 2.45) is 0 Å². The second kappa shape index (κ2) is 4.14. The van der Waals surface area contributed by atoms with Gasteiger partial charge in [0.1, 0.15) is 11.2 Å². The van der Waals surface area contributed by atoms with E-state index in [2.05, 4.69) is 15.9 Å². The zero-order chi connectivity index (χ0) is 11.8. The van der Waals surface area contributed by atoms with Crippen molar-refractivity contribution >= 4 is 21.9 Å². The van der Waals surface area contributed by atoms with E-state index in [0.717, 1.165) is 4.47 Å². The molecule has 0 unspecified atom stereocenters. The molecule has 0 aliphatic carbocycles. The fourth-order valence-electron chi connectivity index (χ4n) is 1.75. The summed E-state index contributed by atoms with van der Waals surface area (Å²) in [7, 11) is 1.29. The lowest BCUT2D eigenvalue weighted by atomic mass is 9.78. The molecular formula is C11H10BrFO3. The Bertz CT molecular complexity index is 429. The van der Waals surface area contributed by atoms with Crippen molar-refractivity contribution in [3.63, 3.8) is 0 Å². The average Bonchev–Trinajstić information content (AvgIpc) is 2.21. The fraction of sp³-hybridized carbons (Fsp3) is 0.364. The van der Waals surface area contributed by atoms with Gasteiger partial charge in [-0.3, -0.25) is 4.79 Å². The van der Waals surface area contributed by atoms with Crippen LogP contribution in [0.2, 0.25) is 0 Å². The number of halogens is 2. The predicted octanol–water partition coefficient (Wildman–Crippen LogP) is 2.03. The van der Waals surface area contributed by atoms with Gasteiger partial charge >= 0.3 is 5.97 Å². The molecule has 16 heavy (non-hydrogen) atoms. The first-order chi connectivity index (χ1) is 7.60. The van der Waals surface area contributed by atoms with Crippen LogP contribution in [-0.2, 0) is 19.7 Å². The van der Waals surface area contributed by atoms with E-state index in [-0.39, 0.29) is 13.2 Å². The van der Waals surface area contributed by atoms with Gasteiger partial charge in [-0.1, -0.05) is 15.9 Å². The first-order valence-corrected chi connectivity index (χ1v) is 5.51. The predicted molar refractivity (Wildman–Crippen MR) is 58.6 cm³/mol. The number of hydrogen-bond acceptors (Lipinski definition) is 3. The Balaban J connectivity index is 2.48. The van der Waals surface area contributed by atoms with Gasteiger partial charge in [-0.05, 0) is 18.2 Å². The SMILES string of the molecule is COC(=O)C1(c2cc(Br)ccc2F)COC1. The normalized spacial score (nSPS) is 17.7. The van der Waals surface area contributed by atoms with Crippen LogP contribution in [-0.4, -0.2) is 26.3 Å². The van der Waals surface area contributed by atoms with Gasteiger partial charge in [0.05, 0.1) is 20.3 Å². The molecule has 1 aromatic carbocycles. The standard InChI is InChI=1S/C11H10BrFO3/c1-15-10(14)11(5-16-6-11)8-4-7(12)2-3-9(8)13/h2-4H,5-6H2,1H3. The molecule has 0 N–H and O–H groups in total. The Morgan fingerprint density at radius 1 is 1.56 bits per heavy atom. The minimum Gasteiger partial charge on any atom is -0.468 e. The molecule has 0 amide bonds. The molecule has 0 aromatic heterocycles. The summed E-state index contributed by atoms with van der Waals surface area (Å²) in [5, 5.41) is 0. The Hall–Kier alpha value is -0.940. The minimum absolute atomic E-state index is 0.160. The molecule has 0 spiro atoms. The van der Waals surface area contributed by atoms with Crippen LogP contribution in [0.1, 0.15) is 5.56 Å². The van der Waals surface area contributed by atoms with Gasteiger partial charge in [0.25, 0.3) is 0 Å². The Morgan fingerprint density at radius 2 is 2.25 bits per heavy atom. The van der Waals surface area contributed by atoms with Crippen molar-refractivity contribution < 1.29 is 18.7 Å². The van der Waals surface area contributed by atoms with Gasteiger partial charge in [-0.2, -0.15) is 0 Å². The number of esters is 1. The third kappa shape index (κ3) is 1.64. The second-order valence-electron chi connectivity index (χ2n) is 3.69. The smallest absolute Gasteiger partial charge is 0.321 e. The van der Waals surface area contributed by atoms with E-state index in [1.54, 1.807) is 12.1 Å². The molecule has 1 saturated heterocycles. The maximum Gasteiger partial charge on any atom is 0.321 e. The van der Waals surface area contributed by atoms with Gasteiger partial charge in [0, 0.05) is 10.0 Å². The highest BCUT2D eigenvalue weighted by atomic mass is 79.9. The van der Waals surface area contributed by atoms with Crippen LogP contribution in [0.3, 0.4) is 0 Å². The molecule has 1 fully saturated rings. The Labute approximate surface area is 101 Å². The van der Waals surface area contributed by atoms with Gasteiger partial charge < -0.3 is 9.47 Å². The maximum atomic E-state index is 13.7. The molecule has 3 nitrogen and oxygen atoms in total. The number of benzene rings is 1. The lowest BCUT2D eigenvalue weighted by Crippen LogP contribution is -2.54. The number of carbonyl (C=O) groups excluding carboxylic acids is 1. The van der Waals surface area contributed by atoms with E-state index < -0.39 is 17.2 Å². The number of hydrogen-bond donors (Lipinski definition) is 0. The molecule has 2 rings (SSSR count). The van der Waals surface area contributed by atoms with Gasteiger partial charge in [-0.25, -0.2) is 4.39 Å². The molecule has 0 radical (unpaired) electrons. The van der Waals surface area contributed by atoms with Crippen molar-refractivity contribution in [3.8, 4) is 0 Å². The lowest BCUT2D eigenvalue weighted by molar-refractivity contribution is -0.167. The topological polar surface area (TPSA) is 35.5 Å². The van der Waals surface area contributed by atoms with Gasteiger partial charge in [0.2, 0.25) is 0 Å². The summed E-state index contributed by atoms with van der Waals surface area (Å²) < 4.78 is 24.2. The summed E-state index contributed by atoms with van der Waals surface area (Å²) in [6, 6.07) is 4.50. The molecule has 1 aliphatic heterocycles. The highest BCUT2D eigenvalue weighted by molar-refractivity contribution is 9.10. The van der Waals surface area contributed by atoms with Crippen LogP contribution in [0, 0.1) is 5.82 Å². The molecule has 1 heterocycles. The molecule has 0 bridgehead atoms. The molecule has 0 atom stereocenters. The van der Waals surface area contributed by atoms with E-state index in [1.165, 1.54) is 13.2 Å². The summed E-state index contributed by atoms with van der Waals surface area (Å²) in [5.41, 5.74) is -0.664. The molecule has 5 heteroatoms. The summed E-state index contributed by atoms with van der Waals surface area (Å²) in [5.74, 6) is -0.882. The Kier molecular flexibility index (Phi) is 2.99. The monoisotopic (exact) mass is 288 g/mol. The number of ether oxygens (including phenoxy) is 2. The summed E-state index contributed by atoms with van der Waals surface area (Å²) >= 11 is 3.25. The summed E-state index contributed by atoms with van der Waals surface area (Å²) in [6.07, 6.45) is 0. The fourth-order valence-corrected chi connectivity index (χ4v) is 2.11. The highest BCUT2D eigenvalue weighted by Gasteiger charge is 2.50. The number of carbonyl (C=O) groups is 1. The first-order valence-electron chi connectivity index (χ1n) is 4.72. The Morgan fingerprint density at radius 3 is 2.75 bits per heavy atom. The van der Waals surface area contributed by atoms with Crippen molar-refractivity contribution in [2.75, 3.05) is 20.3 Å². The van der Waals surface area contributed by atoms with Crippen LogP contribution in [0.15, 0.2) is 22.7 Å². The largest absolute Gasteiger partial charge is 0.468 e. The summed E-state index contributed by atoms with van der Waals surface area (Å²) in [6.45, 7) is 0.320. The van der Waals surface area contributed by atoms with Crippen LogP contribution >= 0.6 is 15.9 Å².